The Morgan fingerprint density at radius 2 is 1.57 bits per heavy atom. The summed E-state index contributed by atoms with van der Waals surface area (Å²) in [7, 11) is 0. The first-order valence-electron chi connectivity index (χ1n) is 7.92. The quantitative estimate of drug-likeness (QED) is 0.929. The van der Waals surface area contributed by atoms with Gasteiger partial charge in [0, 0.05) is 19.6 Å². The maximum atomic E-state index is 10.8. The summed E-state index contributed by atoms with van der Waals surface area (Å²) in [5, 5.41) is 10.8. The number of morpholine rings is 1. The summed E-state index contributed by atoms with van der Waals surface area (Å²) in [6, 6.07) is 2.21. The van der Waals surface area contributed by atoms with Gasteiger partial charge in [-0.3, -0.25) is 4.90 Å². The molecule has 0 aliphatic carbocycles. The lowest BCUT2D eigenvalue weighted by atomic mass is 9.90. The Hall–Kier alpha value is -0.900. The third-order valence-corrected chi connectivity index (χ3v) is 4.68. The van der Waals surface area contributed by atoms with Gasteiger partial charge < -0.3 is 9.84 Å². The van der Waals surface area contributed by atoms with Crippen molar-refractivity contribution in [2.45, 2.75) is 59.9 Å². The number of hydrogen-bond donors (Lipinski definition) is 1. The molecule has 3 atom stereocenters. The van der Waals surface area contributed by atoms with Gasteiger partial charge in [-0.25, -0.2) is 0 Å². The molecule has 1 saturated heterocycles. The minimum Gasteiger partial charge on any atom is -0.387 e. The van der Waals surface area contributed by atoms with E-state index in [4.69, 9.17) is 4.74 Å². The van der Waals surface area contributed by atoms with Gasteiger partial charge in [0.05, 0.1) is 18.3 Å². The molecular formula is C18H29NO2. The van der Waals surface area contributed by atoms with Crippen LogP contribution in [0, 0.1) is 27.7 Å². The van der Waals surface area contributed by atoms with Crippen molar-refractivity contribution in [1.82, 2.24) is 4.90 Å². The molecule has 1 aliphatic rings. The molecule has 1 fully saturated rings. The molecular weight excluding hydrogens is 262 g/mol. The summed E-state index contributed by atoms with van der Waals surface area (Å²) in [5.74, 6) is 0. The Morgan fingerprint density at radius 3 is 2.05 bits per heavy atom. The number of rotatable bonds is 3. The van der Waals surface area contributed by atoms with E-state index in [-0.39, 0.29) is 12.2 Å². The van der Waals surface area contributed by atoms with Gasteiger partial charge in [-0.15, -0.1) is 0 Å². The van der Waals surface area contributed by atoms with Crippen LogP contribution >= 0.6 is 0 Å². The first kappa shape index (κ1) is 16.5. The fourth-order valence-electron chi connectivity index (χ4n) is 3.52. The SMILES string of the molecule is Cc1cc(C)c(C)c(C(O)CN2CC(C)OC(C)C2)c1C. The molecule has 21 heavy (non-hydrogen) atoms. The van der Waals surface area contributed by atoms with E-state index in [1.165, 1.54) is 22.3 Å². The van der Waals surface area contributed by atoms with Crippen LogP contribution in [0.1, 0.15) is 47.8 Å². The Labute approximate surface area is 128 Å². The molecule has 118 valence electrons. The highest BCUT2D eigenvalue weighted by atomic mass is 16.5. The van der Waals surface area contributed by atoms with Gasteiger partial charge >= 0.3 is 0 Å². The smallest absolute Gasteiger partial charge is 0.0922 e. The van der Waals surface area contributed by atoms with Crippen molar-refractivity contribution in [2.75, 3.05) is 19.6 Å². The summed E-state index contributed by atoms with van der Waals surface area (Å²) in [4.78, 5) is 2.32. The summed E-state index contributed by atoms with van der Waals surface area (Å²) >= 11 is 0. The van der Waals surface area contributed by atoms with Crippen molar-refractivity contribution in [2.24, 2.45) is 0 Å². The fourth-order valence-corrected chi connectivity index (χ4v) is 3.52. The van der Waals surface area contributed by atoms with E-state index in [1.807, 2.05) is 0 Å². The summed E-state index contributed by atoms with van der Waals surface area (Å²) < 4.78 is 5.77. The van der Waals surface area contributed by atoms with Gasteiger partial charge in [0.2, 0.25) is 0 Å². The summed E-state index contributed by atoms with van der Waals surface area (Å²) in [6.45, 7) is 15.1. The summed E-state index contributed by atoms with van der Waals surface area (Å²) in [6.07, 6.45) is 0.0471. The van der Waals surface area contributed by atoms with Crippen molar-refractivity contribution < 1.29 is 9.84 Å². The minimum atomic E-state index is -0.430. The molecule has 1 heterocycles. The first-order chi connectivity index (χ1) is 9.79. The molecule has 1 aromatic rings. The van der Waals surface area contributed by atoms with E-state index >= 15 is 0 Å². The van der Waals surface area contributed by atoms with Gasteiger partial charge in [-0.2, -0.15) is 0 Å². The zero-order valence-corrected chi connectivity index (χ0v) is 14.2. The monoisotopic (exact) mass is 291 g/mol. The van der Waals surface area contributed by atoms with E-state index in [0.717, 1.165) is 18.7 Å². The van der Waals surface area contributed by atoms with Crippen molar-refractivity contribution in [3.05, 3.63) is 33.9 Å². The second-order valence-electron chi connectivity index (χ2n) is 6.67. The number of aliphatic hydroxyl groups is 1. The third-order valence-electron chi connectivity index (χ3n) is 4.68. The van der Waals surface area contributed by atoms with Crippen LogP contribution in [0.4, 0.5) is 0 Å². The Morgan fingerprint density at radius 1 is 1.10 bits per heavy atom. The second kappa shape index (κ2) is 6.47. The Kier molecular flexibility index (Phi) is 5.07. The Balaban J connectivity index is 2.19. The molecule has 0 spiro atoms. The highest BCUT2D eigenvalue weighted by Gasteiger charge is 2.25. The molecule has 0 aromatic heterocycles. The number of β-amino-alcohol motifs (C(OH)–C–C–N with tert-alkyl or cyclic N) is 1. The van der Waals surface area contributed by atoms with Crippen molar-refractivity contribution in [3.63, 3.8) is 0 Å². The van der Waals surface area contributed by atoms with Crippen LogP contribution in [0.15, 0.2) is 6.07 Å². The number of benzene rings is 1. The predicted octanol–water partition coefficient (Wildman–Crippen LogP) is 3.06. The average Bonchev–Trinajstić information content (AvgIpc) is 2.35. The van der Waals surface area contributed by atoms with E-state index < -0.39 is 6.10 Å². The van der Waals surface area contributed by atoms with E-state index in [9.17, 15) is 5.11 Å². The Bertz CT molecular complexity index is 476. The maximum Gasteiger partial charge on any atom is 0.0922 e. The van der Waals surface area contributed by atoms with Crippen LogP contribution in [0.3, 0.4) is 0 Å². The molecule has 3 unspecified atom stereocenters. The van der Waals surface area contributed by atoms with E-state index in [1.54, 1.807) is 0 Å². The number of ether oxygens (including phenoxy) is 1. The number of hydrogen-bond acceptors (Lipinski definition) is 3. The van der Waals surface area contributed by atoms with Gasteiger partial charge in [-0.05, 0) is 69.4 Å². The second-order valence-corrected chi connectivity index (χ2v) is 6.67. The van der Waals surface area contributed by atoms with Crippen molar-refractivity contribution >= 4 is 0 Å². The third kappa shape index (κ3) is 3.65. The number of aliphatic hydroxyl groups excluding tert-OH is 1. The van der Waals surface area contributed by atoms with Crippen LogP contribution in [-0.4, -0.2) is 41.8 Å². The van der Waals surface area contributed by atoms with E-state index in [0.29, 0.717) is 6.54 Å². The molecule has 0 amide bonds. The maximum absolute atomic E-state index is 10.8. The van der Waals surface area contributed by atoms with Crippen LogP contribution in [0.5, 0.6) is 0 Å². The predicted molar refractivity (Wildman–Crippen MR) is 86.8 cm³/mol. The van der Waals surface area contributed by atoms with Gasteiger partial charge in [0.15, 0.2) is 0 Å². The largest absolute Gasteiger partial charge is 0.387 e. The first-order valence-corrected chi connectivity index (χ1v) is 7.92. The molecule has 3 nitrogen and oxygen atoms in total. The summed E-state index contributed by atoms with van der Waals surface area (Å²) in [5.41, 5.74) is 6.07. The lowest BCUT2D eigenvalue weighted by Gasteiger charge is -2.36. The average molecular weight is 291 g/mol. The van der Waals surface area contributed by atoms with Crippen LogP contribution in [0.2, 0.25) is 0 Å². The van der Waals surface area contributed by atoms with E-state index in [2.05, 4.69) is 52.5 Å². The molecule has 0 saturated carbocycles. The molecule has 3 heteroatoms. The standard InChI is InChI=1S/C18H29NO2/c1-11-7-12(2)16(6)18(15(11)5)17(20)10-19-8-13(3)21-14(4)9-19/h7,13-14,17,20H,8-10H2,1-6H3. The molecule has 1 aliphatic heterocycles. The number of aryl methyl sites for hydroxylation is 2. The normalized spacial score (nSPS) is 25.1. The van der Waals surface area contributed by atoms with Crippen LogP contribution in [0.25, 0.3) is 0 Å². The van der Waals surface area contributed by atoms with Crippen LogP contribution in [-0.2, 0) is 4.74 Å². The van der Waals surface area contributed by atoms with Crippen molar-refractivity contribution in [3.8, 4) is 0 Å². The zero-order valence-electron chi connectivity index (χ0n) is 14.2. The van der Waals surface area contributed by atoms with Gasteiger partial charge in [0.25, 0.3) is 0 Å². The highest BCUT2D eigenvalue weighted by Crippen LogP contribution is 2.28. The van der Waals surface area contributed by atoms with Gasteiger partial charge in [-0.1, -0.05) is 6.07 Å². The molecule has 1 aromatic carbocycles. The topological polar surface area (TPSA) is 32.7 Å². The van der Waals surface area contributed by atoms with Gasteiger partial charge in [0.1, 0.15) is 0 Å². The van der Waals surface area contributed by atoms with Crippen LogP contribution < -0.4 is 0 Å². The molecule has 2 rings (SSSR count). The molecule has 1 N–H and O–H groups in total. The number of nitrogens with zero attached hydrogens (tertiary/aromatic N) is 1. The fraction of sp³-hybridized carbons (Fsp3) is 0.667. The van der Waals surface area contributed by atoms with Crippen molar-refractivity contribution in [1.29, 1.82) is 0 Å². The molecule has 0 radical (unpaired) electrons. The minimum absolute atomic E-state index is 0.238. The zero-order chi connectivity index (χ0) is 15.7. The molecule has 0 bridgehead atoms. The lowest BCUT2D eigenvalue weighted by Crippen LogP contribution is -2.46. The highest BCUT2D eigenvalue weighted by molar-refractivity contribution is 5.45. The lowest BCUT2D eigenvalue weighted by molar-refractivity contribution is -0.0767.